The van der Waals surface area contributed by atoms with E-state index >= 15 is 0 Å². The molecule has 0 radical (unpaired) electrons. The number of thiophene rings is 1. The van der Waals surface area contributed by atoms with Gasteiger partial charge in [0.15, 0.2) is 6.17 Å². The number of fused-ring (bicyclic) bond motifs is 9. The van der Waals surface area contributed by atoms with Gasteiger partial charge in [0.2, 0.25) is 0 Å². The van der Waals surface area contributed by atoms with Crippen LogP contribution in [0.1, 0.15) is 22.9 Å². The molecule has 0 spiro atoms. The van der Waals surface area contributed by atoms with Gasteiger partial charge in [-0.1, -0.05) is 127 Å². The number of furan rings is 2. The van der Waals surface area contributed by atoms with Gasteiger partial charge in [0.05, 0.1) is 0 Å². The van der Waals surface area contributed by atoms with Gasteiger partial charge in [-0.05, 0) is 29.8 Å². The quantitative estimate of drug-likeness (QED) is 0.202. The first-order valence-corrected chi connectivity index (χ1v) is 17.8. The molecule has 1 N–H and O–H groups in total. The van der Waals surface area contributed by atoms with E-state index in [-0.39, 0.29) is 0 Å². The molecule has 6 heteroatoms. The Bertz CT molecular complexity index is 3070. The summed E-state index contributed by atoms with van der Waals surface area (Å²) in [6.45, 7) is 0. The fraction of sp³-hybridized carbons (Fsp3) is 0.0222. The number of benzene rings is 7. The molecule has 7 aromatic carbocycles. The van der Waals surface area contributed by atoms with E-state index in [1.54, 1.807) is 11.3 Å². The van der Waals surface area contributed by atoms with E-state index in [2.05, 4.69) is 115 Å². The monoisotopic (exact) mass is 673 g/mol. The van der Waals surface area contributed by atoms with Crippen molar-refractivity contribution in [1.29, 1.82) is 0 Å². The van der Waals surface area contributed by atoms with Crippen LogP contribution in [-0.4, -0.2) is 11.7 Å². The Morgan fingerprint density at radius 1 is 0.471 bits per heavy atom. The van der Waals surface area contributed by atoms with Crippen molar-refractivity contribution in [3.8, 4) is 11.1 Å². The van der Waals surface area contributed by atoms with Crippen LogP contribution in [0.15, 0.2) is 170 Å². The van der Waals surface area contributed by atoms with Crippen molar-refractivity contribution < 1.29 is 8.83 Å². The molecule has 0 bridgehead atoms. The number of nitrogens with one attached hydrogen (secondary N) is 1. The van der Waals surface area contributed by atoms with Crippen molar-refractivity contribution in [2.45, 2.75) is 6.17 Å². The molecule has 1 aliphatic heterocycles. The molecule has 0 amide bonds. The predicted octanol–water partition coefficient (Wildman–Crippen LogP) is 12.0. The molecule has 3 aromatic heterocycles. The van der Waals surface area contributed by atoms with Gasteiger partial charge < -0.3 is 14.2 Å². The maximum Gasteiger partial charge on any atom is 0.173 e. The molecule has 0 aliphatic carbocycles. The molecule has 1 aliphatic rings. The second-order valence-corrected chi connectivity index (χ2v) is 14.0. The molecule has 10 aromatic rings. The number of hydrogen-bond donors (Lipinski definition) is 1. The van der Waals surface area contributed by atoms with Gasteiger partial charge in [0.25, 0.3) is 0 Å². The van der Waals surface area contributed by atoms with Crippen molar-refractivity contribution in [3.05, 3.63) is 168 Å². The van der Waals surface area contributed by atoms with Gasteiger partial charge in [-0.15, -0.1) is 11.3 Å². The number of hydrogen-bond acceptors (Lipinski definition) is 6. The second-order valence-electron chi connectivity index (χ2n) is 12.9. The summed E-state index contributed by atoms with van der Waals surface area (Å²) in [4.78, 5) is 10.5. The smallest absolute Gasteiger partial charge is 0.173 e. The fourth-order valence-corrected chi connectivity index (χ4v) is 8.75. The van der Waals surface area contributed by atoms with E-state index in [1.807, 2.05) is 42.5 Å². The molecular formula is C45H27N3O2S. The zero-order valence-electron chi connectivity index (χ0n) is 27.1. The van der Waals surface area contributed by atoms with Crippen molar-refractivity contribution in [2.24, 2.45) is 9.98 Å². The normalized spacial score (nSPS) is 14.9. The average molecular weight is 674 g/mol. The van der Waals surface area contributed by atoms with Crippen molar-refractivity contribution in [1.82, 2.24) is 5.32 Å². The molecule has 0 fully saturated rings. The van der Waals surface area contributed by atoms with Crippen molar-refractivity contribution >= 4 is 87.1 Å². The van der Waals surface area contributed by atoms with E-state index in [0.29, 0.717) is 0 Å². The largest absolute Gasteiger partial charge is 0.456 e. The van der Waals surface area contributed by atoms with E-state index in [4.69, 9.17) is 18.8 Å². The SMILES string of the molecule is c1ccc(C2=NC(c3cccc4c3oc3c(-c5cccc6oc7ccccc7c56)cccc34)N=C(c3ccc4c(c3)sc3ccccc34)N2)cc1. The highest BCUT2D eigenvalue weighted by atomic mass is 32.1. The lowest BCUT2D eigenvalue weighted by molar-refractivity contribution is 0.650. The summed E-state index contributed by atoms with van der Waals surface area (Å²) in [5.41, 5.74) is 8.37. The van der Waals surface area contributed by atoms with Crippen molar-refractivity contribution in [2.75, 3.05) is 0 Å². The average Bonchev–Trinajstić information content (AvgIpc) is 3.89. The highest BCUT2D eigenvalue weighted by molar-refractivity contribution is 7.25. The summed E-state index contributed by atoms with van der Waals surface area (Å²) >= 11 is 1.81. The Hall–Kier alpha value is -6.50. The molecule has 0 saturated heterocycles. The highest BCUT2D eigenvalue weighted by Crippen LogP contribution is 2.43. The fourth-order valence-electron chi connectivity index (χ4n) is 7.61. The van der Waals surface area contributed by atoms with Crippen molar-refractivity contribution in [3.63, 3.8) is 0 Å². The molecule has 0 saturated carbocycles. The number of aliphatic imine (C=N–C) groups is 2. The Labute approximate surface area is 295 Å². The third-order valence-corrected chi connectivity index (χ3v) is 11.1. The summed E-state index contributed by atoms with van der Waals surface area (Å²) in [5.74, 6) is 1.55. The summed E-state index contributed by atoms with van der Waals surface area (Å²) < 4.78 is 15.7. The van der Waals surface area contributed by atoms with Gasteiger partial charge in [-0.25, -0.2) is 9.98 Å². The molecule has 5 nitrogen and oxygen atoms in total. The summed E-state index contributed by atoms with van der Waals surface area (Å²) in [6, 6.07) is 52.6. The van der Waals surface area contributed by atoms with Gasteiger partial charge in [-0.3, -0.25) is 0 Å². The minimum absolute atomic E-state index is 0.525. The van der Waals surface area contributed by atoms with Gasteiger partial charge >= 0.3 is 0 Å². The van der Waals surface area contributed by atoms with Gasteiger partial charge in [-0.2, -0.15) is 0 Å². The zero-order valence-corrected chi connectivity index (χ0v) is 27.9. The molecule has 51 heavy (non-hydrogen) atoms. The summed E-state index contributed by atoms with van der Waals surface area (Å²) in [5, 5.41) is 10.4. The lowest BCUT2D eigenvalue weighted by Crippen LogP contribution is -2.36. The standard InChI is InChI=1S/C45H27N3O2S/c1-2-11-26(12-3-1)43-46-44(27-23-24-29-28-13-5-7-22-38(28)51-39(29)25-27)48-45(47-43)35-19-9-18-33-32-17-8-16-31(41(32)50-42(33)35)30-15-10-21-37-40(30)34-14-4-6-20-36(34)49-37/h1-25,45H,(H,46,47,48). The molecule has 11 rings (SSSR count). The number of para-hydroxylation sites is 3. The van der Waals surface area contributed by atoms with E-state index in [0.717, 1.165) is 83.4 Å². The lowest BCUT2D eigenvalue weighted by Gasteiger charge is -2.22. The topological polar surface area (TPSA) is 63.0 Å². The Kier molecular flexibility index (Phi) is 6.12. The van der Waals surface area contributed by atoms with Gasteiger partial charge in [0, 0.05) is 64.0 Å². The third-order valence-electron chi connectivity index (χ3n) is 9.96. The third kappa shape index (κ3) is 4.40. The maximum absolute atomic E-state index is 6.95. The molecular weight excluding hydrogens is 647 g/mol. The zero-order chi connectivity index (χ0) is 33.5. The van der Waals surface area contributed by atoms with E-state index < -0.39 is 6.17 Å². The first-order chi connectivity index (χ1) is 25.3. The summed E-state index contributed by atoms with van der Waals surface area (Å²) in [7, 11) is 0. The van der Waals surface area contributed by atoms with E-state index in [9.17, 15) is 0 Å². The van der Waals surface area contributed by atoms with E-state index in [1.165, 1.54) is 20.2 Å². The first kappa shape index (κ1) is 28.3. The minimum Gasteiger partial charge on any atom is -0.456 e. The maximum atomic E-state index is 6.95. The van der Waals surface area contributed by atoms with Gasteiger partial charge in [0.1, 0.15) is 34.0 Å². The van der Waals surface area contributed by atoms with Crippen LogP contribution in [0.25, 0.3) is 75.2 Å². The van der Waals surface area contributed by atoms with Crippen LogP contribution in [0.5, 0.6) is 0 Å². The molecule has 1 unspecified atom stereocenters. The second kappa shape index (κ2) is 11.0. The van der Waals surface area contributed by atoms with Crippen LogP contribution in [-0.2, 0) is 0 Å². The Morgan fingerprint density at radius 2 is 1.14 bits per heavy atom. The Balaban J connectivity index is 1.10. The van der Waals surface area contributed by atoms with Crippen LogP contribution in [0.3, 0.4) is 0 Å². The Morgan fingerprint density at radius 3 is 2.04 bits per heavy atom. The molecule has 240 valence electrons. The highest BCUT2D eigenvalue weighted by Gasteiger charge is 2.25. The predicted molar refractivity (Wildman–Crippen MR) is 211 cm³/mol. The molecule has 1 atom stereocenters. The number of nitrogens with zero attached hydrogens (tertiary/aromatic N) is 2. The number of amidine groups is 2. The first-order valence-electron chi connectivity index (χ1n) is 17.0. The number of rotatable bonds is 4. The van der Waals surface area contributed by atoms with Crippen LogP contribution in [0.4, 0.5) is 0 Å². The van der Waals surface area contributed by atoms with Crippen LogP contribution in [0.2, 0.25) is 0 Å². The van der Waals surface area contributed by atoms with Crippen LogP contribution >= 0.6 is 11.3 Å². The lowest BCUT2D eigenvalue weighted by atomic mass is 9.97. The van der Waals surface area contributed by atoms with Crippen LogP contribution < -0.4 is 5.32 Å². The summed E-state index contributed by atoms with van der Waals surface area (Å²) in [6.07, 6.45) is -0.525. The minimum atomic E-state index is -0.525. The molecule has 4 heterocycles. The van der Waals surface area contributed by atoms with Crippen LogP contribution in [0, 0.1) is 0 Å².